The predicted molar refractivity (Wildman–Crippen MR) is 102 cm³/mol. The lowest BCUT2D eigenvalue weighted by atomic mass is 10.2. The van der Waals surface area contributed by atoms with Gasteiger partial charge in [-0.25, -0.2) is 0 Å². The molecule has 5 nitrogen and oxygen atoms in total. The van der Waals surface area contributed by atoms with Crippen molar-refractivity contribution in [2.75, 3.05) is 6.61 Å². The third-order valence-electron chi connectivity index (χ3n) is 4.08. The van der Waals surface area contributed by atoms with Crippen LogP contribution in [0, 0.1) is 0 Å². The van der Waals surface area contributed by atoms with E-state index in [0.717, 1.165) is 23.2 Å². The summed E-state index contributed by atoms with van der Waals surface area (Å²) in [6, 6.07) is 13.0. The second kappa shape index (κ2) is 7.13. The van der Waals surface area contributed by atoms with E-state index >= 15 is 0 Å². The van der Waals surface area contributed by atoms with Gasteiger partial charge in [-0.1, -0.05) is 42.0 Å². The number of nitrogens with zero attached hydrogens (tertiary/aromatic N) is 2. The van der Waals surface area contributed by atoms with Gasteiger partial charge in [0.1, 0.15) is 6.61 Å². The van der Waals surface area contributed by atoms with Crippen molar-refractivity contribution in [1.29, 1.82) is 0 Å². The smallest absolute Gasteiger partial charge is 0.292 e. The second-order valence-corrected chi connectivity index (χ2v) is 7.41. The maximum Gasteiger partial charge on any atom is 0.292 e. The van der Waals surface area contributed by atoms with E-state index in [9.17, 15) is 4.79 Å². The molecule has 3 aromatic rings. The number of benzene rings is 2. The van der Waals surface area contributed by atoms with E-state index in [4.69, 9.17) is 21.1 Å². The largest absolute Gasteiger partial charge is 0.485 e. The first-order chi connectivity index (χ1) is 12.7. The van der Waals surface area contributed by atoms with Gasteiger partial charge in [-0.3, -0.25) is 4.79 Å². The van der Waals surface area contributed by atoms with Gasteiger partial charge in [0.05, 0.1) is 10.2 Å². The SMILES string of the molecule is CCCn1c(=NC(=O)C2COc3ccccc3O2)sc2cc(Cl)ccc21. The Morgan fingerprint density at radius 2 is 2.12 bits per heavy atom. The van der Waals surface area contributed by atoms with Crippen LogP contribution in [0.1, 0.15) is 13.3 Å². The zero-order valence-corrected chi connectivity index (χ0v) is 15.7. The molecule has 7 heteroatoms. The molecule has 134 valence electrons. The molecule has 0 saturated carbocycles. The topological polar surface area (TPSA) is 52.8 Å². The van der Waals surface area contributed by atoms with Crippen molar-refractivity contribution in [2.45, 2.75) is 26.0 Å². The van der Waals surface area contributed by atoms with E-state index in [1.165, 1.54) is 11.3 Å². The number of hydrogen-bond donors (Lipinski definition) is 0. The Bertz CT molecular complexity index is 1040. The molecule has 26 heavy (non-hydrogen) atoms. The molecule has 0 N–H and O–H groups in total. The number of halogens is 1. The van der Waals surface area contributed by atoms with Crippen LogP contribution in [0.4, 0.5) is 0 Å². The van der Waals surface area contributed by atoms with Crippen LogP contribution in [0.25, 0.3) is 10.2 Å². The lowest BCUT2D eigenvalue weighted by molar-refractivity contribution is -0.127. The number of rotatable bonds is 3. The minimum Gasteiger partial charge on any atom is -0.485 e. The number of amides is 1. The average molecular weight is 389 g/mol. The first-order valence-corrected chi connectivity index (χ1v) is 9.61. The molecule has 2 aromatic carbocycles. The minimum absolute atomic E-state index is 0.157. The fraction of sp³-hybridized carbons (Fsp3) is 0.263. The molecule has 1 aliphatic heterocycles. The molecule has 1 aliphatic rings. The van der Waals surface area contributed by atoms with E-state index in [1.54, 1.807) is 6.07 Å². The number of carbonyl (C=O) groups excluding carboxylic acids is 1. The molecule has 0 radical (unpaired) electrons. The van der Waals surface area contributed by atoms with Crippen molar-refractivity contribution in [3.63, 3.8) is 0 Å². The Morgan fingerprint density at radius 1 is 1.31 bits per heavy atom. The summed E-state index contributed by atoms with van der Waals surface area (Å²) in [5.74, 6) is 0.868. The van der Waals surface area contributed by atoms with Crippen LogP contribution < -0.4 is 14.3 Å². The fourth-order valence-corrected chi connectivity index (χ4v) is 4.22. The van der Waals surface area contributed by atoms with Crippen molar-refractivity contribution in [1.82, 2.24) is 4.57 Å². The maximum absolute atomic E-state index is 12.7. The number of aryl methyl sites for hydroxylation is 1. The first-order valence-electron chi connectivity index (χ1n) is 8.41. The molecule has 1 aromatic heterocycles. The Labute approximate surface area is 159 Å². The molecule has 0 bridgehead atoms. The highest BCUT2D eigenvalue weighted by atomic mass is 35.5. The molecular weight excluding hydrogens is 372 g/mol. The van der Waals surface area contributed by atoms with Crippen molar-refractivity contribution in [2.24, 2.45) is 4.99 Å². The van der Waals surface area contributed by atoms with Gasteiger partial charge in [0.15, 0.2) is 16.3 Å². The van der Waals surface area contributed by atoms with Crippen molar-refractivity contribution in [3.05, 3.63) is 52.3 Å². The van der Waals surface area contributed by atoms with E-state index in [0.29, 0.717) is 21.3 Å². The number of para-hydroxylation sites is 2. The molecular formula is C19H17ClN2O3S. The molecule has 1 atom stereocenters. The molecule has 0 aliphatic carbocycles. The Morgan fingerprint density at radius 3 is 2.92 bits per heavy atom. The van der Waals surface area contributed by atoms with Crippen molar-refractivity contribution in [3.8, 4) is 11.5 Å². The number of carbonyl (C=O) groups is 1. The quantitative estimate of drug-likeness (QED) is 0.680. The Kier molecular flexibility index (Phi) is 4.70. The monoisotopic (exact) mass is 388 g/mol. The number of ether oxygens (including phenoxy) is 2. The fourth-order valence-electron chi connectivity index (χ4n) is 2.88. The van der Waals surface area contributed by atoms with Gasteiger partial charge in [0.25, 0.3) is 5.91 Å². The summed E-state index contributed by atoms with van der Waals surface area (Å²) in [5, 5.41) is 0.667. The first kappa shape index (κ1) is 17.1. The summed E-state index contributed by atoms with van der Waals surface area (Å²) >= 11 is 7.55. The summed E-state index contributed by atoms with van der Waals surface area (Å²) < 4.78 is 14.4. The van der Waals surface area contributed by atoms with Crippen LogP contribution >= 0.6 is 22.9 Å². The molecule has 1 amide bonds. The van der Waals surface area contributed by atoms with Gasteiger partial charge in [-0.05, 0) is 36.8 Å². The number of hydrogen-bond acceptors (Lipinski definition) is 4. The van der Waals surface area contributed by atoms with Crippen LogP contribution in [0.2, 0.25) is 5.02 Å². The summed E-state index contributed by atoms with van der Waals surface area (Å²) in [7, 11) is 0. The third-order valence-corrected chi connectivity index (χ3v) is 5.36. The van der Waals surface area contributed by atoms with Gasteiger partial charge >= 0.3 is 0 Å². The van der Waals surface area contributed by atoms with Gasteiger partial charge < -0.3 is 14.0 Å². The highest BCUT2D eigenvalue weighted by molar-refractivity contribution is 7.16. The standard InChI is InChI=1S/C19H17ClN2O3S/c1-2-9-22-13-8-7-12(20)10-17(13)26-19(22)21-18(23)16-11-24-14-5-3-4-6-15(14)25-16/h3-8,10,16H,2,9,11H2,1H3. The zero-order chi connectivity index (χ0) is 18.1. The maximum atomic E-state index is 12.7. The van der Waals surface area contributed by atoms with Gasteiger partial charge in [0.2, 0.25) is 6.10 Å². The third kappa shape index (κ3) is 3.22. The van der Waals surface area contributed by atoms with Crippen LogP contribution in [0.5, 0.6) is 11.5 Å². The summed E-state index contributed by atoms with van der Waals surface area (Å²) in [5.41, 5.74) is 1.03. The Balaban J connectivity index is 1.69. The number of aromatic nitrogens is 1. The van der Waals surface area contributed by atoms with Gasteiger partial charge in [-0.15, -0.1) is 0 Å². The van der Waals surface area contributed by atoms with E-state index < -0.39 is 6.10 Å². The average Bonchev–Trinajstić information content (AvgIpc) is 2.98. The van der Waals surface area contributed by atoms with E-state index in [2.05, 4.69) is 11.9 Å². The molecule has 4 rings (SSSR count). The summed E-state index contributed by atoms with van der Waals surface area (Å²) in [6.07, 6.45) is 0.195. The van der Waals surface area contributed by atoms with E-state index in [-0.39, 0.29) is 12.5 Å². The van der Waals surface area contributed by atoms with Crippen molar-refractivity contribution >= 4 is 39.1 Å². The van der Waals surface area contributed by atoms with Gasteiger partial charge in [-0.2, -0.15) is 4.99 Å². The number of thiazole rings is 1. The minimum atomic E-state index is -0.742. The normalized spacial score (nSPS) is 16.8. The second-order valence-electron chi connectivity index (χ2n) is 5.96. The molecule has 0 saturated heterocycles. The highest BCUT2D eigenvalue weighted by Gasteiger charge is 2.27. The van der Waals surface area contributed by atoms with Crippen LogP contribution in [0.3, 0.4) is 0 Å². The molecule has 2 heterocycles. The van der Waals surface area contributed by atoms with Crippen molar-refractivity contribution < 1.29 is 14.3 Å². The summed E-state index contributed by atoms with van der Waals surface area (Å²) in [4.78, 5) is 17.7. The lowest BCUT2D eigenvalue weighted by Crippen LogP contribution is -2.36. The van der Waals surface area contributed by atoms with E-state index in [1.807, 2.05) is 41.0 Å². The Hall–Kier alpha value is -2.31. The molecule has 0 fully saturated rings. The van der Waals surface area contributed by atoms with Crippen LogP contribution in [0.15, 0.2) is 47.5 Å². The van der Waals surface area contributed by atoms with Crippen LogP contribution in [-0.2, 0) is 11.3 Å². The predicted octanol–water partition coefficient (Wildman–Crippen LogP) is 4.03. The summed E-state index contributed by atoms with van der Waals surface area (Å²) in [6.45, 7) is 3.02. The zero-order valence-electron chi connectivity index (χ0n) is 14.1. The molecule has 1 unspecified atom stereocenters. The number of fused-ring (bicyclic) bond motifs is 2. The van der Waals surface area contributed by atoms with Crippen LogP contribution in [-0.4, -0.2) is 23.2 Å². The molecule has 0 spiro atoms. The highest BCUT2D eigenvalue weighted by Crippen LogP contribution is 2.31. The lowest BCUT2D eigenvalue weighted by Gasteiger charge is -2.23. The van der Waals surface area contributed by atoms with Gasteiger partial charge in [0, 0.05) is 11.6 Å².